The molecule has 0 amide bonds. The maximum atomic E-state index is 9.02. The quantitative estimate of drug-likeness (QED) is 0.480. The molecule has 3 nitrogen and oxygen atoms in total. The third-order valence-electron chi connectivity index (χ3n) is 1.35. The summed E-state index contributed by atoms with van der Waals surface area (Å²) in [6.07, 6.45) is 1.10. The van der Waals surface area contributed by atoms with Crippen LogP contribution in [-0.4, -0.2) is 23.8 Å². The van der Waals surface area contributed by atoms with Crippen LogP contribution in [0.4, 0.5) is 0 Å². The summed E-state index contributed by atoms with van der Waals surface area (Å²) >= 11 is 0. The topological polar surface area (TPSA) is 72.3 Å². The van der Waals surface area contributed by atoms with Crippen LogP contribution in [0, 0.1) is 0 Å². The molecule has 0 spiro atoms. The second-order valence-corrected chi connectivity index (χ2v) is 2.29. The summed E-state index contributed by atoms with van der Waals surface area (Å²) in [5.41, 5.74) is 10.7. The first-order chi connectivity index (χ1) is 4.20. The Labute approximate surface area is 56.0 Å². The van der Waals surface area contributed by atoms with Crippen LogP contribution >= 0.6 is 0 Å². The summed E-state index contributed by atoms with van der Waals surface area (Å²) in [5.74, 6) is 0. The molecule has 2 atom stereocenters. The zero-order valence-corrected chi connectivity index (χ0v) is 5.88. The van der Waals surface area contributed by atoms with E-state index >= 15 is 0 Å². The second-order valence-electron chi connectivity index (χ2n) is 2.29. The Morgan fingerprint density at radius 2 is 2.11 bits per heavy atom. The molecule has 0 aliphatic carbocycles. The molecule has 0 bridgehead atoms. The Balaban J connectivity index is 3.22. The largest absolute Gasteiger partial charge is 0.393 e. The van der Waals surface area contributed by atoms with E-state index in [1.165, 1.54) is 0 Å². The second kappa shape index (κ2) is 4.73. The van der Waals surface area contributed by atoms with Crippen LogP contribution in [0.2, 0.25) is 0 Å². The first-order valence-corrected chi connectivity index (χ1v) is 3.34. The predicted octanol–water partition coefficient (Wildman–Crippen LogP) is -0.567. The molecule has 0 aromatic heterocycles. The third kappa shape index (κ3) is 4.39. The molecule has 0 fully saturated rings. The first kappa shape index (κ1) is 8.88. The minimum atomic E-state index is -0.274. The Kier molecular flexibility index (Phi) is 4.67. The van der Waals surface area contributed by atoms with Crippen molar-refractivity contribution in [2.75, 3.05) is 6.54 Å². The van der Waals surface area contributed by atoms with Crippen molar-refractivity contribution >= 4 is 0 Å². The zero-order valence-electron chi connectivity index (χ0n) is 5.88. The number of nitrogens with two attached hydrogens (primary N) is 2. The normalized spacial score (nSPS) is 17.3. The minimum absolute atomic E-state index is 0.0417. The molecule has 0 saturated heterocycles. The smallest absolute Gasteiger partial charge is 0.0552 e. The van der Waals surface area contributed by atoms with Gasteiger partial charge in [-0.1, -0.05) is 6.92 Å². The van der Waals surface area contributed by atoms with Crippen LogP contribution < -0.4 is 11.5 Å². The molecular formula is C6H16N2O. The molecule has 0 aliphatic rings. The standard InChI is InChI=1S/C6H16N2O/c1-2-6(9)3-5(8)4-7/h5-6,9H,2-4,7-8H2,1H3. The molecule has 0 radical (unpaired) electrons. The van der Waals surface area contributed by atoms with Crippen molar-refractivity contribution in [1.82, 2.24) is 0 Å². The number of aliphatic hydroxyl groups excluding tert-OH is 1. The summed E-state index contributed by atoms with van der Waals surface area (Å²) in [6.45, 7) is 2.38. The van der Waals surface area contributed by atoms with Gasteiger partial charge in [-0.05, 0) is 12.8 Å². The van der Waals surface area contributed by atoms with Gasteiger partial charge in [0.2, 0.25) is 0 Å². The van der Waals surface area contributed by atoms with Crippen molar-refractivity contribution < 1.29 is 5.11 Å². The van der Waals surface area contributed by atoms with Crippen molar-refractivity contribution in [3.05, 3.63) is 0 Å². The van der Waals surface area contributed by atoms with E-state index < -0.39 is 0 Å². The van der Waals surface area contributed by atoms with E-state index in [1.54, 1.807) is 0 Å². The van der Waals surface area contributed by atoms with Gasteiger partial charge in [-0.3, -0.25) is 0 Å². The fraction of sp³-hybridized carbons (Fsp3) is 1.00. The lowest BCUT2D eigenvalue weighted by molar-refractivity contribution is 0.152. The van der Waals surface area contributed by atoms with Gasteiger partial charge in [0.1, 0.15) is 0 Å². The van der Waals surface area contributed by atoms with E-state index in [9.17, 15) is 0 Å². The van der Waals surface area contributed by atoms with E-state index in [0.717, 1.165) is 6.42 Å². The van der Waals surface area contributed by atoms with Gasteiger partial charge in [0.25, 0.3) is 0 Å². The van der Waals surface area contributed by atoms with E-state index in [4.69, 9.17) is 16.6 Å². The number of rotatable bonds is 4. The highest BCUT2D eigenvalue weighted by molar-refractivity contribution is 4.66. The summed E-state index contributed by atoms with van der Waals surface area (Å²) < 4.78 is 0. The Hall–Kier alpha value is -0.120. The van der Waals surface area contributed by atoms with Gasteiger partial charge in [-0.25, -0.2) is 0 Å². The highest BCUT2D eigenvalue weighted by Gasteiger charge is 2.05. The lowest BCUT2D eigenvalue weighted by Crippen LogP contribution is -2.33. The van der Waals surface area contributed by atoms with Gasteiger partial charge >= 0.3 is 0 Å². The predicted molar refractivity (Wildman–Crippen MR) is 37.9 cm³/mol. The molecule has 56 valence electrons. The SMILES string of the molecule is CCC(O)CC(N)CN. The fourth-order valence-electron chi connectivity index (χ4n) is 0.612. The van der Waals surface area contributed by atoms with Crippen molar-refractivity contribution in [3.8, 4) is 0 Å². The number of hydrogen-bond donors (Lipinski definition) is 3. The summed E-state index contributed by atoms with van der Waals surface area (Å²) in [6, 6.07) is -0.0417. The average molecular weight is 132 g/mol. The molecule has 0 aromatic carbocycles. The summed E-state index contributed by atoms with van der Waals surface area (Å²) in [7, 11) is 0. The van der Waals surface area contributed by atoms with E-state index in [0.29, 0.717) is 13.0 Å². The van der Waals surface area contributed by atoms with E-state index in [-0.39, 0.29) is 12.1 Å². The molecular weight excluding hydrogens is 116 g/mol. The molecule has 0 saturated carbocycles. The zero-order chi connectivity index (χ0) is 7.28. The van der Waals surface area contributed by atoms with Crippen molar-refractivity contribution in [3.63, 3.8) is 0 Å². The van der Waals surface area contributed by atoms with Gasteiger partial charge in [-0.15, -0.1) is 0 Å². The van der Waals surface area contributed by atoms with Gasteiger partial charge < -0.3 is 16.6 Å². The number of hydrogen-bond acceptors (Lipinski definition) is 3. The number of aliphatic hydroxyl groups is 1. The first-order valence-electron chi connectivity index (χ1n) is 3.34. The molecule has 0 aliphatic heterocycles. The Morgan fingerprint density at radius 1 is 1.56 bits per heavy atom. The molecule has 2 unspecified atom stereocenters. The van der Waals surface area contributed by atoms with Gasteiger partial charge in [0.05, 0.1) is 6.10 Å². The average Bonchev–Trinajstić information content (AvgIpc) is 1.87. The van der Waals surface area contributed by atoms with E-state index in [1.807, 2.05) is 6.92 Å². The maximum absolute atomic E-state index is 9.02. The van der Waals surface area contributed by atoms with Crippen LogP contribution in [0.3, 0.4) is 0 Å². The molecule has 5 N–H and O–H groups in total. The Bertz CT molecular complexity index is 60.1. The molecule has 0 heterocycles. The van der Waals surface area contributed by atoms with Gasteiger partial charge in [-0.2, -0.15) is 0 Å². The highest BCUT2D eigenvalue weighted by atomic mass is 16.3. The van der Waals surface area contributed by atoms with Gasteiger partial charge in [0.15, 0.2) is 0 Å². The lowest BCUT2D eigenvalue weighted by atomic mass is 10.1. The van der Waals surface area contributed by atoms with Crippen LogP contribution in [0.5, 0.6) is 0 Å². The molecule has 9 heavy (non-hydrogen) atoms. The van der Waals surface area contributed by atoms with Crippen LogP contribution in [0.25, 0.3) is 0 Å². The van der Waals surface area contributed by atoms with Crippen molar-refractivity contribution in [1.29, 1.82) is 0 Å². The minimum Gasteiger partial charge on any atom is -0.393 e. The lowest BCUT2D eigenvalue weighted by Gasteiger charge is -2.11. The van der Waals surface area contributed by atoms with Crippen LogP contribution in [-0.2, 0) is 0 Å². The summed E-state index contributed by atoms with van der Waals surface area (Å²) in [4.78, 5) is 0. The highest BCUT2D eigenvalue weighted by Crippen LogP contribution is 1.97. The van der Waals surface area contributed by atoms with Crippen LogP contribution in [0.1, 0.15) is 19.8 Å². The summed E-state index contributed by atoms with van der Waals surface area (Å²) in [5, 5.41) is 9.02. The third-order valence-corrected chi connectivity index (χ3v) is 1.35. The molecule has 0 aromatic rings. The molecule has 3 heteroatoms. The van der Waals surface area contributed by atoms with Crippen molar-refractivity contribution in [2.45, 2.75) is 31.9 Å². The van der Waals surface area contributed by atoms with Crippen LogP contribution in [0.15, 0.2) is 0 Å². The van der Waals surface area contributed by atoms with E-state index in [2.05, 4.69) is 0 Å². The Morgan fingerprint density at radius 3 is 2.44 bits per heavy atom. The van der Waals surface area contributed by atoms with Gasteiger partial charge in [0, 0.05) is 12.6 Å². The maximum Gasteiger partial charge on any atom is 0.0552 e. The fourth-order valence-corrected chi connectivity index (χ4v) is 0.612. The monoisotopic (exact) mass is 132 g/mol. The van der Waals surface area contributed by atoms with Crippen molar-refractivity contribution in [2.24, 2.45) is 11.5 Å². The molecule has 0 rings (SSSR count).